The van der Waals surface area contributed by atoms with Crippen LogP contribution in [0.4, 0.5) is 0 Å². The average molecular weight is 290 g/mol. The predicted octanol–water partition coefficient (Wildman–Crippen LogP) is -0.655. The lowest BCUT2D eigenvalue weighted by Crippen LogP contribution is -2.57. The van der Waals surface area contributed by atoms with Crippen molar-refractivity contribution in [2.75, 3.05) is 24.7 Å². The van der Waals surface area contributed by atoms with E-state index < -0.39 is 17.4 Å². The summed E-state index contributed by atoms with van der Waals surface area (Å²) < 4.78 is 5.11. The van der Waals surface area contributed by atoms with E-state index in [0.29, 0.717) is 19.0 Å². The second-order valence-corrected chi connectivity index (χ2v) is 5.42. The lowest BCUT2D eigenvalue weighted by Gasteiger charge is -2.33. The molecule has 0 saturated carbocycles. The Morgan fingerprint density at radius 1 is 1.32 bits per heavy atom. The van der Waals surface area contributed by atoms with Crippen molar-refractivity contribution in [2.24, 2.45) is 5.73 Å². The van der Waals surface area contributed by atoms with Crippen molar-refractivity contribution in [1.82, 2.24) is 5.32 Å². The fourth-order valence-corrected chi connectivity index (χ4v) is 2.45. The van der Waals surface area contributed by atoms with Gasteiger partial charge in [0.25, 0.3) is 0 Å². The van der Waals surface area contributed by atoms with Crippen molar-refractivity contribution in [1.29, 1.82) is 0 Å². The summed E-state index contributed by atoms with van der Waals surface area (Å²) in [6.07, 6.45) is 0.693. The number of amides is 2. The Morgan fingerprint density at radius 2 is 1.95 bits per heavy atom. The monoisotopic (exact) mass is 290 g/mol. The van der Waals surface area contributed by atoms with Crippen LogP contribution in [0.5, 0.6) is 0 Å². The Balaban J connectivity index is 2.39. The first-order valence-corrected chi connectivity index (χ1v) is 7.10. The predicted molar refractivity (Wildman–Crippen MR) is 69.7 cm³/mol. The molecule has 0 aliphatic carbocycles. The van der Waals surface area contributed by atoms with E-state index in [0.717, 1.165) is 0 Å². The molecule has 1 rings (SSSR count). The van der Waals surface area contributed by atoms with Gasteiger partial charge in [-0.1, -0.05) is 0 Å². The smallest absolute Gasteiger partial charge is 0.329 e. The minimum Gasteiger partial charge on any atom is -0.480 e. The first-order valence-electron chi connectivity index (χ1n) is 5.94. The number of nitrogens with one attached hydrogen (secondary N) is 1. The summed E-state index contributed by atoms with van der Waals surface area (Å²) in [4.78, 5) is 33.5. The molecule has 8 heteroatoms. The molecule has 0 aromatic heterocycles. The quantitative estimate of drug-likeness (QED) is 0.536. The molecule has 1 aliphatic heterocycles. The molecular formula is C11H18N2O5S. The van der Waals surface area contributed by atoms with Gasteiger partial charge in [-0.3, -0.25) is 9.59 Å². The summed E-state index contributed by atoms with van der Waals surface area (Å²) in [6, 6.07) is 0. The van der Waals surface area contributed by atoms with Crippen LogP contribution in [-0.2, 0) is 19.1 Å². The molecule has 4 N–H and O–H groups in total. The number of ether oxygens (including phenoxy) is 1. The zero-order valence-corrected chi connectivity index (χ0v) is 11.3. The van der Waals surface area contributed by atoms with E-state index in [4.69, 9.17) is 10.5 Å². The highest BCUT2D eigenvalue weighted by atomic mass is 32.2. The molecule has 1 fully saturated rings. The van der Waals surface area contributed by atoms with Crippen LogP contribution in [0.3, 0.4) is 0 Å². The van der Waals surface area contributed by atoms with Crippen molar-refractivity contribution in [3.05, 3.63) is 0 Å². The largest absolute Gasteiger partial charge is 0.480 e. The van der Waals surface area contributed by atoms with Gasteiger partial charge in [0, 0.05) is 38.2 Å². The van der Waals surface area contributed by atoms with Crippen molar-refractivity contribution < 1.29 is 24.2 Å². The van der Waals surface area contributed by atoms with Crippen molar-refractivity contribution >= 4 is 29.5 Å². The van der Waals surface area contributed by atoms with Crippen LogP contribution in [0.1, 0.15) is 19.3 Å². The van der Waals surface area contributed by atoms with Gasteiger partial charge in [-0.25, -0.2) is 4.79 Å². The maximum Gasteiger partial charge on any atom is 0.329 e. The third kappa shape index (κ3) is 5.07. The van der Waals surface area contributed by atoms with Crippen LogP contribution in [-0.4, -0.2) is 53.1 Å². The molecule has 1 aliphatic rings. The summed E-state index contributed by atoms with van der Waals surface area (Å²) in [5.41, 5.74) is 3.75. The molecule has 19 heavy (non-hydrogen) atoms. The van der Waals surface area contributed by atoms with Gasteiger partial charge in [-0.15, -0.1) is 0 Å². The van der Waals surface area contributed by atoms with Gasteiger partial charge < -0.3 is 20.9 Å². The van der Waals surface area contributed by atoms with Crippen LogP contribution in [0.2, 0.25) is 0 Å². The summed E-state index contributed by atoms with van der Waals surface area (Å²) in [5.74, 6) is -1.21. The van der Waals surface area contributed by atoms with Crippen molar-refractivity contribution in [3.8, 4) is 0 Å². The molecule has 7 nitrogen and oxygen atoms in total. The minimum atomic E-state index is -1.22. The molecule has 0 spiro atoms. The van der Waals surface area contributed by atoms with E-state index in [2.05, 4.69) is 5.32 Å². The molecule has 0 atom stereocenters. The first kappa shape index (κ1) is 15.8. The number of carboxylic acid groups (broad SMARTS) is 1. The third-order valence-corrected chi connectivity index (χ3v) is 3.83. The molecule has 0 unspecified atom stereocenters. The fourth-order valence-electron chi connectivity index (χ4n) is 1.78. The average Bonchev–Trinajstić information content (AvgIpc) is 2.35. The number of hydrogen-bond acceptors (Lipinski definition) is 5. The van der Waals surface area contributed by atoms with Crippen LogP contribution in [0.25, 0.3) is 0 Å². The Kier molecular flexibility index (Phi) is 6.10. The Morgan fingerprint density at radius 3 is 2.47 bits per heavy atom. The number of hydrogen-bond donors (Lipinski definition) is 3. The number of aliphatic carboxylic acids is 1. The highest BCUT2D eigenvalue weighted by Gasteiger charge is 2.41. The molecule has 1 saturated heterocycles. The highest BCUT2D eigenvalue weighted by molar-refractivity contribution is 7.99. The highest BCUT2D eigenvalue weighted by Crippen LogP contribution is 2.21. The number of thioether (sulfide) groups is 1. The maximum atomic E-state index is 11.7. The lowest BCUT2D eigenvalue weighted by atomic mass is 9.90. The minimum absolute atomic E-state index is 0.158. The van der Waals surface area contributed by atoms with Crippen LogP contribution in [0, 0.1) is 0 Å². The zero-order valence-electron chi connectivity index (χ0n) is 10.5. The second-order valence-electron chi connectivity index (χ2n) is 4.32. The normalized spacial score (nSPS) is 17.7. The van der Waals surface area contributed by atoms with Crippen molar-refractivity contribution in [3.63, 3.8) is 0 Å². The van der Waals surface area contributed by atoms with Gasteiger partial charge in [0.15, 0.2) is 0 Å². The number of carbonyl (C=O) groups is 3. The van der Waals surface area contributed by atoms with E-state index in [9.17, 15) is 19.5 Å². The zero-order chi connectivity index (χ0) is 14.3. The van der Waals surface area contributed by atoms with Gasteiger partial charge in [-0.2, -0.15) is 11.8 Å². The first-order chi connectivity index (χ1) is 8.96. The lowest BCUT2D eigenvalue weighted by molar-refractivity contribution is -0.152. The van der Waals surface area contributed by atoms with Gasteiger partial charge in [0.2, 0.25) is 11.8 Å². The van der Waals surface area contributed by atoms with E-state index in [1.54, 1.807) is 0 Å². The number of carboxylic acids is 1. The van der Waals surface area contributed by atoms with E-state index >= 15 is 0 Å². The van der Waals surface area contributed by atoms with Crippen LogP contribution >= 0.6 is 11.8 Å². The van der Waals surface area contributed by atoms with Crippen LogP contribution in [0.15, 0.2) is 0 Å². The van der Waals surface area contributed by atoms with E-state index in [-0.39, 0.29) is 30.9 Å². The summed E-state index contributed by atoms with van der Waals surface area (Å²) in [7, 11) is 0. The Labute approximate surface area is 115 Å². The van der Waals surface area contributed by atoms with Gasteiger partial charge >= 0.3 is 5.97 Å². The fraction of sp³-hybridized carbons (Fsp3) is 0.727. The van der Waals surface area contributed by atoms with E-state index in [1.165, 1.54) is 11.8 Å². The SMILES string of the molecule is NC(=O)CSCCC(=O)NC1(C(=O)O)CCOCC1. The van der Waals surface area contributed by atoms with Gasteiger partial charge in [-0.05, 0) is 0 Å². The third-order valence-electron chi connectivity index (χ3n) is 2.85. The van der Waals surface area contributed by atoms with Crippen LogP contribution < -0.4 is 11.1 Å². The molecule has 2 amide bonds. The summed E-state index contributed by atoms with van der Waals surface area (Å²) >= 11 is 1.25. The summed E-state index contributed by atoms with van der Waals surface area (Å²) in [5, 5.41) is 11.8. The van der Waals surface area contributed by atoms with Gasteiger partial charge in [0.05, 0.1) is 5.75 Å². The molecule has 108 valence electrons. The Hall–Kier alpha value is -1.28. The second kappa shape index (κ2) is 7.34. The topological polar surface area (TPSA) is 119 Å². The maximum absolute atomic E-state index is 11.7. The number of primary amides is 1. The van der Waals surface area contributed by atoms with Crippen molar-refractivity contribution in [2.45, 2.75) is 24.8 Å². The molecule has 0 aromatic rings. The standard InChI is InChI=1S/C11H18N2O5S/c12-8(14)7-19-6-1-9(15)13-11(10(16)17)2-4-18-5-3-11/h1-7H2,(H2,12,14)(H,13,15)(H,16,17). The van der Waals surface area contributed by atoms with Gasteiger partial charge in [0.1, 0.15) is 5.54 Å². The number of rotatable bonds is 7. The molecular weight excluding hydrogens is 272 g/mol. The molecule has 1 heterocycles. The Bertz CT molecular complexity index is 355. The van der Waals surface area contributed by atoms with E-state index in [1.807, 2.05) is 0 Å². The molecule has 0 bridgehead atoms. The molecule has 0 radical (unpaired) electrons. The number of nitrogens with two attached hydrogens (primary N) is 1. The molecule has 0 aromatic carbocycles. The summed E-state index contributed by atoms with van der Waals surface area (Å²) in [6.45, 7) is 0.645. The number of carbonyl (C=O) groups excluding carboxylic acids is 2.